The summed E-state index contributed by atoms with van der Waals surface area (Å²) in [5.74, 6) is -0.964. The smallest absolute Gasteiger partial charge is 0.306 e. The van der Waals surface area contributed by atoms with Gasteiger partial charge in [-0.2, -0.15) is 0 Å². The fourth-order valence-electron chi connectivity index (χ4n) is 9.94. The molecule has 0 aliphatic heterocycles. The van der Waals surface area contributed by atoms with Crippen LogP contribution in [0.4, 0.5) is 0 Å². The molecule has 6 nitrogen and oxygen atoms in total. The second-order valence-corrected chi connectivity index (χ2v) is 22.7. The normalized spacial score (nSPS) is 12.5. The monoisotopic (exact) mass is 1090 g/mol. The summed E-state index contributed by atoms with van der Waals surface area (Å²) in [5, 5.41) is 0. The SMILES string of the molecule is CC/C=C\C/C=C\C/C=C\C/C=C\C/C=C\C/C=C\CCC(=O)OC(COC(=O)CCCCCCCCCCCCCCCCCC)COC(=O)CCCCCCCCCCCCCCCCCCCCCCCCCCC. The maximum Gasteiger partial charge on any atom is 0.306 e. The number of esters is 3. The third kappa shape index (κ3) is 63.7. The van der Waals surface area contributed by atoms with Crippen LogP contribution >= 0.6 is 0 Å². The summed E-state index contributed by atoms with van der Waals surface area (Å²) in [7, 11) is 0. The highest BCUT2D eigenvalue weighted by atomic mass is 16.6. The van der Waals surface area contributed by atoms with Gasteiger partial charge in [-0.3, -0.25) is 14.4 Å². The Kier molecular flexibility index (Phi) is 63.7. The second kappa shape index (κ2) is 66.4. The number of carbonyl (C=O) groups excluding carboxylic acids is 3. The lowest BCUT2D eigenvalue weighted by atomic mass is 10.0. The molecular formula is C72H128O6. The summed E-state index contributed by atoms with van der Waals surface area (Å²) in [6.07, 6.45) is 86.5. The van der Waals surface area contributed by atoms with E-state index in [0.717, 1.165) is 77.0 Å². The highest BCUT2D eigenvalue weighted by Crippen LogP contribution is 2.18. The van der Waals surface area contributed by atoms with Crippen molar-refractivity contribution < 1.29 is 28.6 Å². The van der Waals surface area contributed by atoms with Gasteiger partial charge < -0.3 is 14.2 Å². The predicted molar refractivity (Wildman–Crippen MR) is 339 cm³/mol. The van der Waals surface area contributed by atoms with E-state index in [4.69, 9.17) is 14.2 Å². The molecule has 0 amide bonds. The molecule has 452 valence electrons. The van der Waals surface area contributed by atoms with Crippen LogP contribution in [-0.2, 0) is 28.6 Å². The molecule has 0 bridgehead atoms. The molecule has 0 aromatic heterocycles. The van der Waals surface area contributed by atoms with Crippen LogP contribution in [0, 0.1) is 0 Å². The number of carbonyl (C=O) groups is 3. The maximum absolute atomic E-state index is 12.9. The maximum atomic E-state index is 12.9. The van der Waals surface area contributed by atoms with Gasteiger partial charge in [0.05, 0.1) is 0 Å². The zero-order chi connectivity index (χ0) is 56.4. The van der Waals surface area contributed by atoms with Crippen molar-refractivity contribution in [2.24, 2.45) is 0 Å². The summed E-state index contributed by atoms with van der Waals surface area (Å²) in [4.78, 5) is 38.3. The zero-order valence-corrected chi connectivity index (χ0v) is 51.9. The van der Waals surface area contributed by atoms with E-state index in [9.17, 15) is 14.4 Å². The fraction of sp³-hybridized carbons (Fsp3) is 0.792. The van der Waals surface area contributed by atoms with Crippen LogP contribution in [0.15, 0.2) is 72.9 Å². The van der Waals surface area contributed by atoms with Crippen LogP contribution in [-0.4, -0.2) is 37.2 Å². The number of unbranched alkanes of at least 4 members (excludes halogenated alkanes) is 39. The first-order valence-electron chi connectivity index (χ1n) is 33.9. The Balaban J connectivity index is 4.36. The van der Waals surface area contributed by atoms with Gasteiger partial charge in [-0.15, -0.1) is 0 Å². The second-order valence-electron chi connectivity index (χ2n) is 22.7. The van der Waals surface area contributed by atoms with Crippen LogP contribution in [0.25, 0.3) is 0 Å². The van der Waals surface area contributed by atoms with Crippen LogP contribution < -0.4 is 0 Å². The molecule has 6 heteroatoms. The van der Waals surface area contributed by atoms with E-state index in [-0.39, 0.29) is 37.5 Å². The largest absolute Gasteiger partial charge is 0.462 e. The number of allylic oxidation sites excluding steroid dienone is 12. The van der Waals surface area contributed by atoms with Crippen molar-refractivity contribution in [3.05, 3.63) is 72.9 Å². The van der Waals surface area contributed by atoms with Gasteiger partial charge in [0.25, 0.3) is 0 Å². The molecule has 0 rings (SSSR count). The summed E-state index contributed by atoms with van der Waals surface area (Å²) in [6, 6.07) is 0. The third-order valence-electron chi connectivity index (χ3n) is 15.0. The van der Waals surface area contributed by atoms with Crippen LogP contribution in [0.3, 0.4) is 0 Å². The lowest BCUT2D eigenvalue weighted by Gasteiger charge is -2.18. The molecule has 1 unspecified atom stereocenters. The Labute approximate surface area is 484 Å². The first kappa shape index (κ1) is 74.8. The summed E-state index contributed by atoms with van der Waals surface area (Å²) in [5.41, 5.74) is 0. The van der Waals surface area contributed by atoms with Gasteiger partial charge in [0.1, 0.15) is 13.2 Å². The molecule has 0 aromatic carbocycles. The lowest BCUT2D eigenvalue weighted by Crippen LogP contribution is -2.30. The summed E-state index contributed by atoms with van der Waals surface area (Å²) in [6.45, 7) is 6.53. The van der Waals surface area contributed by atoms with Crippen molar-refractivity contribution in [1.29, 1.82) is 0 Å². The molecule has 0 saturated carbocycles. The summed E-state index contributed by atoms with van der Waals surface area (Å²) >= 11 is 0. The van der Waals surface area contributed by atoms with Gasteiger partial charge in [0.15, 0.2) is 6.10 Å². The zero-order valence-electron chi connectivity index (χ0n) is 51.9. The van der Waals surface area contributed by atoms with E-state index in [0.29, 0.717) is 19.3 Å². The minimum atomic E-state index is -0.814. The molecule has 1 atom stereocenters. The molecule has 0 radical (unpaired) electrons. The van der Waals surface area contributed by atoms with Crippen molar-refractivity contribution >= 4 is 17.9 Å². The topological polar surface area (TPSA) is 78.9 Å². The highest BCUT2D eigenvalue weighted by molar-refractivity contribution is 5.71. The van der Waals surface area contributed by atoms with Crippen LogP contribution in [0.2, 0.25) is 0 Å². The van der Waals surface area contributed by atoms with Gasteiger partial charge in [0, 0.05) is 19.3 Å². The fourth-order valence-corrected chi connectivity index (χ4v) is 9.94. The van der Waals surface area contributed by atoms with Gasteiger partial charge in [-0.05, 0) is 57.8 Å². The average Bonchev–Trinajstić information content (AvgIpc) is 3.44. The number of ether oxygens (including phenoxy) is 3. The molecule has 0 fully saturated rings. The van der Waals surface area contributed by atoms with Crippen molar-refractivity contribution in [3.63, 3.8) is 0 Å². The minimum absolute atomic E-state index is 0.101. The van der Waals surface area contributed by atoms with Crippen molar-refractivity contribution in [2.45, 2.75) is 354 Å². The van der Waals surface area contributed by atoms with Gasteiger partial charge in [-0.25, -0.2) is 0 Å². The van der Waals surface area contributed by atoms with Gasteiger partial charge >= 0.3 is 17.9 Å². The van der Waals surface area contributed by atoms with Gasteiger partial charge in [0.2, 0.25) is 0 Å². The number of hydrogen-bond acceptors (Lipinski definition) is 6. The molecule has 0 heterocycles. The molecule has 0 aromatic rings. The molecule has 0 spiro atoms. The van der Waals surface area contributed by atoms with E-state index >= 15 is 0 Å². The van der Waals surface area contributed by atoms with E-state index in [1.165, 1.54) is 225 Å². The van der Waals surface area contributed by atoms with Crippen LogP contribution in [0.5, 0.6) is 0 Å². The molecule has 0 aliphatic rings. The highest BCUT2D eigenvalue weighted by Gasteiger charge is 2.19. The van der Waals surface area contributed by atoms with E-state index in [2.05, 4.69) is 87.6 Å². The average molecular weight is 1090 g/mol. The predicted octanol–water partition coefficient (Wildman–Crippen LogP) is 23.3. The Morgan fingerprint density at radius 3 is 0.756 bits per heavy atom. The van der Waals surface area contributed by atoms with Crippen molar-refractivity contribution in [3.8, 4) is 0 Å². The van der Waals surface area contributed by atoms with E-state index < -0.39 is 6.10 Å². The third-order valence-corrected chi connectivity index (χ3v) is 15.0. The Bertz CT molecular complexity index is 1440. The standard InChI is InChI=1S/C72H128O6/c1-4-7-10-13-16-19-22-25-28-31-33-34-35-36-37-38-40-41-44-47-50-53-56-59-62-65-71(74)77-68-69(67-76-70(73)64-61-58-55-52-49-46-43-30-27-24-21-18-15-12-9-6-3)78-72(75)66-63-60-57-54-51-48-45-42-39-32-29-26-23-20-17-14-11-8-5-2/h8,11,17,20,26,29,39,42,48,51,57,60,69H,4-7,9-10,12-16,18-19,21-25,27-28,30-38,40-41,43-47,49-50,52-56,58-59,61-68H2,1-3H3/b11-8-,20-17-,29-26-,42-39-,51-48-,60-57-. The van der Waals surface area contributed by atoms with Crippen LogP contribution in [0.1, 0.15) is 348 Å². The summed E-state index contributed by atoms with van der Waals surface area (Å²) < 4.78 is 16.9. The van der Waals surface area contributed by atoms with Crippen molar-refractivity contribution in [2.75, 3.05) is 13.2 Å². The minimum Gasteiger partial charge on any atom is -0.462 e. The quantitative estimate of drug-likeness (QED) is 0.0261. The van der Waals surface area contributed by atoms with Gasteiger partial charge in [-0.1, -0.05) is 344 Å². The van der Waals surface area contributed by atoms with Crippen molar-refractivity contribution in [1.82, 2.24) is 0 Å². The lowest BCUT2D eigenvalue weighted by molar-refractivity contribution is -0.166. The van der Waals surface area contributed by atoms with E-state index in [1.807, 2.05) is 6.08 Å². The molecular weight excluding hydrogens is 961 g/mol. The Morgan fingerprint density at radius 2 is 0.500 bits per heavy atom. The Morgan fingerprint density at radius 1 is 0.269 bits per heavy atom. The number of hydrogen-bond donors (Lipinski definition) is 0. The first-order chi connectivity index (χ1) is 38.5. The number of rotatable bonds is 62. The Hall–Kier alpha value is -3.15. The van der Waals surface area contributed by atoms with E-state index in [1.54, 1.807) is 0 Å². The molecule has 0 N–H and O–H groups in total. The molecule has 0 aliphatic carbocycles. The first-order valence-corrected chi connectivity index (χ1v) is 33.9. The molecule has 78 heavy (non-hydrogen) atoms. The molecule has 0 saturated heterocycles.